The molecule has 1 amide bonds. The average Bonchev–Trinajstić information content (AvgIpc) is 3.33. The summed E-state index contributed by atoms with van der Waals surface area (Å²) in [7, 11) is 0. The van der Waals surface area contributed by atoms with Crippen LogP contribution in [-0.4, -0.2) is 36.7 Å². The Hall–Kier alpha value is -4.34. The molecule has 0 saturated carbocycles. The second kappa shape index (κ2) is 6.87. The number of benzene rings is 2. The molecule has 4 aromatic rings. The lowest BCUT2D eigenvalue weighted by Gasteiger charge is -2.15. The summed E-state index contributed by atoms with van der Waals surface area (Å²) in [4.78, 5) is 42.8. The van der Waals surface area contributed by atoms with Crippen molar-refractivity contribution in [2.45, 2.75) is 13.5 Å². The minimum atomic E-state index is -0.591. The molecule has 1 aliphatic heterocycles. The van der Waals surface area contributed by atoms with Crippen LogP contribution in [0.4, 0.5) is 11.6 Å². The maximum atomic E-state index is 13.3. The lowest BCUT2D eigenvalue weighted by molar-refractivity contribution is -0.384. The van der Waals surface area contributed by atoms with E-state index < -0.39 is 16.3 Å². The third kappa shape index (κ3) is 2.88. The SMILES string of the molecule is Cc1cc(=O)c(C(=O)N2CCn3c2nc2ccccc23)nn1-c1ccccc1[N+](=O)[O-]. The molecule has 0 saturated heterocycles. The summed E-state index contributed by atoms with van der Waals surface area (Å²) in [6, 6.07) is 14.8. The van der Waals surface area contributed by atoms with Crippen LogP contribution in [0.1, 0.15) is 16.2 Å². The van der Waals surface area contributed by atoms with Crippen molar-refractivity contribution in [3.63, 3.8) is 0 Å². The zero-order chi connectivity index (χ0) is 21.7. The first-order valence-electron chi connectivity index (χ1n) is 9.57. The number of para-hydroxylation sites is 4. The van der Waals surface area contributed by atoms with Gasteiger partial charge in [0.15, 0.2) is 5.69 Å². The van der Waals surface area contributed by atoms with Crippen LogP contribution in [0.25, 0.3) is 16.7 Å². The molecule has 0 spiro atoms. The number of aryl methyl sites for hydroxylation is 1. The predicted octanol–water partition coefficient (Wildman–Crippen LogP) is 2.46. The fourth-order valence-corrected chi connectivity index (χ4v) is 3.85. The number of amides is 1. The van der Waals surface area contributed by atoms with Crippen molar-refractivity contribution in [1.82, 2.24) is 19.3 Å². The molecule has 2 aromatic heterocycles. The van der Waals surface area contributed by atoms with E-state index in [1.165, 1.54) is 27.8 Å². The van der Waals surface area contributed by atoms with Crippen molar-refractivity contribution in [2.75, 3.05) is 11.4 Å². The molecule has 0 N–H and O–H groups in total. The first kappa shape index (κ1) is 18.7. The molecular weight excluding hydrogens is 400 g/mol. The molecule has 0 atom stereocenters. The zero-order valence-electron chi connectivity index (χ0n) is 16.4. The lowest BCUT2D eigenvalue weighted by atomic mass is 10.2. The van der Waals surface area contributed by atoms with E-state index in [4.69, 9.17) is 0 Å². The normalized spacial score (nSPS) is 12.9. The van der Waals surface area contributed by atoms with Crippen LogP contribution in [-0.2, 0) is 6.54 Å². The van der Waals surface area contributed by atoms with Crippen molar-refractivity contribution in [1.29, 1.82) is 0 Å². The number of rotatable bonds is 3. The molecule has 0 unspecified atom stereocenters. The number of fused-ring (bicyclic) bond motifs is 3. The number of anilines is 1. The van der Waals surface area contributed by atoms with Crippen LogP contribution in [0.5, 0.6) is 0 Å². The number of carbonyl (C=O) groups is 1. The van der Waals surface area contributed by atoms with Crippen molar-refractivity contribution in [3.05, 3.63) is 86.3 Å². The van der Waals surface area contributed by atoms with Gasteiger partial charge in [-0.3, -0.25) is 24.6 Å². The Kier molecular flexibility index (Phi) is 4.14. The molecule has 31 heavy (non-hydrogen) atoms. The highest BCUT2D eigenvalue weighted by molar-refractivity contribution is 6.05. The van der Waals surface area contributed by atoms with Gasteiger partial charge >= 0.3 is 0 Å². The van der Waals surface area contributed by atoms with Crippen molar-refractivity contribution < 1.29 is 9.72 Å². The van der Waals surface area contributed by atoms with E-state index in [0.29, 0.717) is 24.7 Å². The van der Waals surface area contributed by atoms with E-state index in [1.54, 1.807) is 19.1 Å². The van der Waals surface area contributed by atoms with Crippen LogP contribution in [0.2, 0.25) is 0 Å². The summed E-state index contributed by atoms with van der Waals surface area (Å²) in [5.41, 5.74) is 1.17. The van der Waals surface area contributed by atoms with Gasteiger partial charge in [0, 0.05) is 30.9 Å². The summed E-state index contributed by atoms with van der Waals surface area (Å²) in [5, 5.41) is 15.7. The molecule has 10 heteroatoms. The van der Waals surface area contributed by atoms with E-state index in [2.05, 4.69) is 10.1 Å². The molecule has 5 rings (SSSR count). The smallest absolute Gasteiger partial charge is 0.294 e. The highest BCUT2D eigenvalue weighted by atomic mass is 16.6. The molecule has 1 aliphatic rings. The van der Waals surface area contributed by atoms with Gasteiger partial charge in [0.2, 0.25) is 11.4 Å². The molecule has 3 heterocycles. The van der Waals surface area contributed by atoms with Gasteiger partial charge in [-0.05, 0) is 25.1 Å². The minimum absolute atomic E-state index is 0.174. The number of nitro groups is 1. The van der Waals surface area contributed by atoms with E-state index >= 15 is 0 Å². The Balaban J connectivity index is 1.62. The molecule has 0 bridgehead atoms. The molecule has 0 fully saturated rings. The summed E-state index contributed by atoms with van der Waals surface area (Å²) < 4.78 is 3.17. The number of nitrogens with zero attached hydrogens (tertiary/aromatic N) is 6. The summed E-state index contributed by atoms with van der Waals surface area (Å²) in [6.07, 6.45) is 0. The zero-order valence-corrected chi connectivity index (χ0v) is 16.4. The summed E-state index contributed by atoms with van der Waals surface area (Å²) in [6.45, 7) is 2.51. The van der Waals surface area contributed by atoms with Gasteiger partial charge in [0.05, 0.1) is 16.0 Å². The molecule has 154 valence electrons. The standard InChI is InChI=1S/C21H16N6O4/c1-13-12-18(28)19(23-26(13)16-8-4-5-9-17(16)27(30)31)20(29)25-11-10-24-15-7-3-2-6-14(15)22-21(24)25/h2-9,12H,10-11H2,1H3. The maximum absolute atomic E-state index is 13.3. The number of nitro benzene ring substituents is 1. The van der Waals surface area contributed by atoms with Crippen LogP contribution in [0, 0.1) is 17.0 Å². The number of carbonyl (C=O) groups excluding carboxylic acids is 1. The third-order valence-corrected chi connectivity index (χ3v) is 5.28. The van der Waals surface area contributed by atoms with E-state index in [-0.39, 0.29) is 17.1 Å². The number of hydrogen-bond donors (Lipinski definition) is 0. The van der Waals surface area contributed by atoms with E-state index in [9.17, 15) is 19.7 Å². The van der Waals surface area contributed by atoms with Gasteiger partial charge in [-0.25, -0.2) is 9.67 Å². The van der Waals surface area contributed by atoms with Crippen LogP contribution in [0.15, 0.2) is 59.4 Å². The topological polar surface area (TPSA) is 116 Å². The number of aromatic nitrogens is 4. The van der Waals surface area contributed by atoms with E-state index in [0.717, 1.165) is 11.0 Å². The third-order valence-electron chi connectivity index (χ3n) is 5.28. The van der Waals surface area contributed by atoms with Crippen molar-refractivity contribution in [2.24, 2.45) is 0 Å². The second-order valence-electron chi connectivity index (χ2n) is 7.17. The van der Waals surface area contributed by atoms with Gasteiger partial charge in [-0.1, -0.05) is 24.3 Å². The minimum Gasteiger partial charge on any atom is -0.308 e. The quantitative estimate of drug-likeness (QED) is 0.374. The summed E-state index contributed by atoms with van der Waals surface area (Å²) >= 11 is 0. The highest BCUT2D eigenvalue weighted by Gasteiger charge is 2.32. The highest BCUT2D eigenvalue weighted by Crippen LogP contribution is 2.28. The van der Waals surface area contributed by atoms with Gasteiger partial charge in [-0.2, -0.15) is 5.10 Å². The first-order chi connectivity index (χ1) is 15.0. The number of imidazole rings is 1. The second-order valence-corrected chi connectivity index (χ2v) is 7.17. The van der Waals surface area contributed by atoms with E-state index in [1.807, 2.05) is 28.8 Å². The van der Waals surface area contributed by atoms with Crippen molar-refractivity contribution in [3.8, 4) is 5.69 Å². The Morgan fingerprint density at radius 2 is 1.84 bits per heavy atom. The van der Waals surface area contributed by atoms with Gasteiger partial charge in [-0.15, -0.1) is 0 Å². The Labute approximate surface area is 175 Å². The fourth-order valence-electron chi connectivity index (χ4n) is 3.85. The van der Waals surface area contributed by atoms with Crippen molar-refractivity contribution >= 4 is 28.6 Å². The Morgan fingerprint density at radius 3 is 2.65 bits per heavy atom. The molecule has 10 nitrogen and oxygen atoms in total. The molecule has 0 aliphatic carbocycles. The monoisotopic (exact) mass is 416 g/mol. The van der Waals surface area contributed by atoms with Gasteiger partial charge in [0.25, 0.3) is 11.6 Å². The Morgan fingerprint density at radius 1 is 1.10 bits per heavy atom. The summed E-state index contributed by atoms with van der Waals surface area (Å²) in [5.74, 6) is -0.142. The fraction of sp³-hybridized carbons (Fsp3) is 0.143. The van der Waals surface area contributed by atoms with Crippen LogP contribution >= 0.6 is 0 Å². The van der Waals surface area contributed by atoms with Crippen LogP contribution < -0.4 is 10.3 Å². The van der Waals surface area contributed by atoms with Gasteiger partial charge in [0.1, 0.15) is 5.69 Å². The lowest BCUT2D eigenvalue weighted by Crippen LogP contribution is -2.35. The number of hydrogen-bond acceptors (Lipinski definition) is 6. The molecule has 2 aromatic carbocycles. The van der Waals surface area contributed by atoms with Crippen LogP contribution in [0.3, 0.4) is 0 Å². The maximum Gasteiger partial charge on any atom is 0.294 e. The Bertz CT molecular complexity index is 1440. The average molecular weight is 416 g/mol. The predicted molar refractivity (Wildman–Crippen MR) is 113 cm³/mol. The largest absolute Gasteiger partial charge is 0.308 e. The molecular formula is C21H16N6O4. The molecule has 0 radical (unpaired) electrons. The van der Waals surface area contributed by atoms with Gasteiger partial charge < -0.3 is 4.57 Å². The first-order valence-corrected chi connectivity index (χ1v) is 9.57.